The normalized spacial score (nSPS) is 12.4. The lowest BCUT2D eigenvalue weighted by Gasteiger charge is -2.20. The van der Waals surface area contributed by atoms with Gasteiger partial charge in [-0.05, 0) is 62.1 Å². The standard InChI is InChI=1S/C19H24BrN/c1-4-9-21-19(12-16-7-5-14(2)6-8-16)17-10-15(3)11-18(20)13-17/h5-8,10-11,13,19,21H,4,9,12H2,1-3H3. The van der Waals surface area contributed by atoms with Crippen LogP contribution in [0.1, 0.15) is 41.6 Å². The Morgan fingerprint density at radius 1 is 1.00 bits per heavy atom. The molecule has 0 saturated carbocycles. The minimum atomic E-state index is 0.365. The van der Waals surface area contributed by atoms with E-state index in [1.807, 2.05) is 0 Å². The molecular weight excluding hydrogens is 322 g/mol. The number of aryl methyl sites for hydroxylation is 2. The quantitative estimate of drug-likeness (QED) is 0.743. The van der Waals surface area contributed by atoms with Gasteiger partial charge in [-0.1, -0.05) is 58.7 Å². The highest BCUT2D eigenvalue weighted by Crippen LogP contribution is 2.24. The van der Waals surface area contributed by atoms with Crippen LogP contribution in [0.15, 0.2) is 46.9 Å². The highest BCUT2D eigenvalue weighted by Gasteiger charge is 2.12. The van der Waals surface area contributed by atoms with E-state index < -0.39 is 0 Å². The van der Waals surface area contributed by atoms with Gasteiger partial charge in [0.25, 0.3) is 0 Å². The zero-order chi connectivity index (χ0) is 15.2. The maximum atomic E-state index is 3.68. The summed E-state index contributed by atoms with van der Waals surface area (Å²) in [7, 11) is 0. The lowest BCUT2D eigenvalue weighted by Crippen LogP contribution is -2.24. The van der Waals surface area contributed by atoms with Gasteiger partial charge in [0.05, 0.1) is 0 Å². The Balaban J connectivity index is 2.22. The fraction of sp³-hybridized carbons (Fsp3) is 0.368. The molecule has 0 saturated heterocycles. The number of halogens is 1. The average molecular weight is 346 g/mol. The third-order valence-corrected chi connectivity index (χ3v) is 4.13. The average Bonchev–Trinajstić information content (AvgIpc) is 2.44. The van der Waals surface area contributed by atoms with Gasteiger partial charge in [0.1, 0.15) is 0 Å². The minimum absolute atomic E-state index is 0.365. The summed E-state index contributed by atoms with van der Waals surface area (Å²) >= 11 is 3.62. The molecule has 2 rings (SSSR count). The predicted molar refractivity (Wildman–Crippen MR) is 94.8 cm³/mol. The van der Waals surface area contributed by atoms with Crippen LogP contribution >= 0.6 is 15.9 Å². The molecule has 1 N–H and O–H groups in total. The molecule has 112 valence electrons. The van der Waals surface area contributed by atoms with Crippen LogP contribution in [0.25, 0.3) is 0 Å². The topological polar surface area (TPSA) is 12.0 Å². The lowest BCUT2D eigenvalue weighted by atomic mass is 9.97. The summed E-state index contributed by atoms with van der Waals surface area (Å²) in [5.74, 6) is 0. The van der Waals surface area contributed by atoms with E-state index in [4.69, 9.17) is 0 Å². The first-order valence-corrected chi connectivity index (χ1v) is 8.44. The first kappa shape index (κ1) is 16.3. The number of rotatable bonds is 6. The van der Waals surface area contributed by atoms with Gasteiger partial charge in [0.15, 0.2) is 0 Å². The van der Waals surface area contributed by atoms with Crippen LogP contribution in [0.2, 0.25) is 0 Å². The fourth-order valence-electron chi connectivity index (χ4n) is 2.55. The van der Waals surface area contributed by atoms with Gasteiger partial charge in [-0.3, -0.25) is 0 Å². The molecule has 2 aromatic rings. The van der Waals surface area contributed by atoms with Crippen molar-refractivity contribution in [2.45, 2.75) is 39.7 Å². The maximum Gasteiger partial charge on any atom is 0.0361 e. The van der Waals surface area contributed by atoms with Crippen LogP contribution in [0.3, 0.4) is 0 Å². The molecule has 0 aromatic heterocycles. The van der Waals surface area contributed by atoms with Crippen molar-refractivity contribution in [3.8, 4) is 0 Å². The van der Waals surface area contributed by atoms with Crippen LogP contribution in [0.4, 0.5) is 0 Å². The fourth-order valence-corrected chi connectivity index (χ4v) is 3.18. The Kier molecular flexibility index (Phi) is 6.01. The zero-order valence-electron chi connectivity index (χ0n) is 13.1. The second kappa shape index (κ2) is 7.77. The molecular formula is C19H24BrN. The van der Waals surface area contributed by atoms with Crippen molar-refractivity contribution in [1.82, 2.24) is 5.32 Å². The highest BCUT2D eigenvalue weighted by molar-refractivity contribution is 9.10. The van der Waals surface area contributed by atoms with E-state index in [-0.39, 0.29) is 0 Å². The SMILES string of the molecule is CCCNC(Cc1ccc(C)cc1)c1cc(C)cc(Br)c1. The summed E-state index contributed by atoms with van der Waals surface area (Å²) < 4.78 is 1.16. The van der Waals surface area contributed by atoms with Crippen molar-refractivity contribution in [2.75, 3.05) is 6.54 Å². The van der Waals surface area contributed by atoms with Gasteiger partial charge in [0.2, 0.25) is 0 Å². The Labute approximate surface area is 136 Å². The first-order chi connectivity index (χ1) is 10.1. The molecule has 1 nitrogen and oxygen atoms in total. The summed E-state index contributed by atoms with van der Waals surface area (Å²) in [4.78, 5) is 0. The monoisotopic (exact) mass is 345 g/mol. The van der Waals surface area contributed by atoms with Crippen molar-refractivity contribution in [2.24, 2.45) is 0 Å². The Bertz CT molecular complexity index is 554. The smallest absolute Gasteiger partial charge is 0.0361 e. The molecule has 0 heterocycles. The van der Waals surface area contributed by atoms with Gasteiger partial charge in [-0.2, -0.15) is 0 Å². The van der Waals surface area contributed by atoms with E-state index >= 15 is 0 Å². The van der Waals surface area contributed by atoms with Crippen molar-refractivity contribution < 1.29 is 0 Å². The molecule has 0 radical (unpaired) electrons. The third kappa shape index (κ3) is 4.98. The lowest BCUT2D eigenvalue weighted by molar-refractivity contribution is 0.529. The van der Waals surface area contributed by atoms with Gasteiger partial charge < -0.3 is 5.32 Å². The van der Waals surface area contributed by atoms with E-state index in [2.05, 4.69) is 84.5 Å². The second-order valence-corrected chi connectivity index (χ2v) is 6.67. The summed E-state index contributed by atoms with van der Waals surface area (Å²) in [5.41, 5.74) is 5.35. The summed E-state index contributed by atoms with van der Waals surface area (Å²) in [6, 6.07) is 15.9. The van der Waals surface area contributed by atoms with E-state index in [0.717, 1.165) is 23.9 Å². The van der Waals surface area contributed by atoms with Crippen LogP contribution in [0.5, 0.6) is 0 Å². The van der Waals surface area contributed by atoms with E-state index in [1.165, 1.54) is 22.3 Å². The van der Waals surface area contributed by atoms with Crippen molar-refractivity contribution in [3.05, 3.63) is 69.2 Å². The van der Waals surface area contributed by atoms with E-state index in [9.17, 15) is 0 Å². The zero-order valence-corrected chi connectivity index (χ0v) is 14.7. The first-order valence-electron chi connectivity index (χ1n) is 7.64. The third-order valence-electron chi connectivity index (χ3n) is 3.67. The molecule has 2 aromatic carbocycles. The number of nitrogens with one attached hydrogen (secondary N) is 1. The summed E-state index contributed by atoms with van der Waals surface area (Å²) in [6.07, 6.45) is 2.17. The molecule has 21 heavy (non-hydrogen) atoms. The predicted octanol–water partition coefficient (Wildman–Crippen LogP) is 5.35. The molecule has 0 aliphatic heterocycles. The van der Waals surface area contributed by atoms with Gasteiger partial charge >= 0.3 is 0 Å². The Hall–Kier alpha value is -1.12. The van der Waals surface area contributed by atoms with Crippen LogP contribution < -0.4 is 5.32 Å². The van der Waals surface area contributed by atoms with Crippen LogP contribution in [-0.2, 0) is 6.42 Å². The highest BCUT2D eigenvalue weighted by atomic mass is 79.9. The molecule has 2 heteroatoms. The number of hydrogen-bond acceptors (Lipinski definition) is 1. The van der Waals surface area contributed by atoms with Crippen LogP contribution in [0, 0.1) is 13.8 Å². The molecule has 1 atom stereocenters. The van der Waals surface area contributed by atoms with E-state index in [1.54, 1.807) is 0 Å². The van der Waals surface area contributed by atoms with Crippen molar-refractivity contribution in [3.63, 3.8) is 0 Å². The Morgan fingerprint density at radius 3 is 2.33 bits per heavy atom. The Morgan fingerprint density at radius 2 is 1.71 bits per heavy atom. The second-order valence-electron chi connectivity index (χ2n) is 5.76. The largest absolute Gasteiger partial charge is 0.310 e. The molecule has 0 spiro atoms. The molecule has 0 aliphatic carbocycles. The summed E-state index contributed by atoms with van der Waals surface area (Å²) in [5, 5.41) is 3.68. The molecule has 0 aliphatic rings. The van der Waals surface area contributed by atoms with Gasteiger partial charge in [-0.25, -0.2) is 0 Å². The van der Waals surface area contributed by atoms with Crippen LogP contribution in [-0.4, -0.2) is 6.54 Å². The van der Waals surface area contributed by atoms with Crippen molar-refractivity contribution >= 4 is 15.9 Å². The minimum Gasteiger partial charge on any atom is -0.310 e. The van der Waals surface area contributed by atoms with Crippen molar-refractivity contribution in [1.29, 1.82) is 0 Å². The molecule has 0 amide bonds. The number of benzene rings is 2. The number of hydrogen-bond donors (Lipinski definition) is 1. The van der Waals surface area contributed by atoms with Gasteiger partial charge in [-0.15, -0.1) is 0 Å². The molecule has 0 bridgehead atoms. The van der Waals surface area contributed by atoms with E-state index in [0.29, 0.717) is 6.04 Å². The van der Waals surface area contributed by atoms with Gasteiger partial charge in [0, 0.05) is 10.5 Å². The molecule has 1 unspecified atom stereocenters. The maximum absolute atomic E-state index is 3.68. The molecule has 0 fully saturated rings. The summed E-state index contributed by atoms with van der Waals surface area (Å²) in [6.45, 7) is 7.54.